The van der Waals surface area contributed by atoms with Gasteiger partial charge in [0.25, 0.3) is 0 Å². The van der Waals surface area contributed by atoms with Gasteiger partial charge < -0.3 is 15.7 Å². The largest absolute Gasteiger partial charge is 0.481 e. The highest BCUT2D eigenvalue weighted by Crippen LogP contribution is 2.32. The number of amides is 2. The predicted molar refractivity (Wildman–Crippen MR) is 80.6 cm³/mol. The maximum atomic E-state index is 11.5. The van der Waals surface area contributed by atoms with Crippen molar-refractivity contribution in [1.29, 1.82) is 0 Å². The Balaban J connectivity index is 4.04. The zero-order valence-electron chi connectivity index (χ0n) is 12.9. The van der Waals surface area contributed by atoms with E-state index in [4.69, 9.17) is 5.11 Å². The van der Waals surface area contributed by atoms with Crippen LogP contribution in [0.3, 0.4) is 0 Å². The molecule has 0 bridgehead atoms. The maximum absolute atomic E-state index is 11.5. The number of carboxylic acid groups (broad SMARTS) is 1. The lowest BCUT2D eigenvalue weighted by Crippen LogP contribution is -2.37. The summed E-state index contributed by atoms with van der Waals surface area (Å²) >= 11 is 0. The van der Waals surface area contributed by atoms with Crippen molar-refractivity contribution < 1.29 is 14.7 Å². The molecule has 0 aliphatic carbocycles. The van der Waals surface area contributed by atoms with Gasteiger partial charge >= 0.3 is 12.0 Å². The molecule has 0 fully saturated rings. The Hall–Kier alpha value is -1.52. The molecule has 0 aromatic carbocycles. The lowest BCUT2D eigenvalue weighted by atomic mass is 9.76. The highest BCUT2D eigenvalue weighted by atomic mass is 16.4. The first kappa shape index (κ1) is 18.5. The van der Waals surface area contributed by atoms with E-state index in [0.29, 0.717) is 19.5 Å². The van der Waals surface area contributed by atoms with Gasteiger partial charge in [-0.15, -0.1) is 6.58 Å². The summed E-state index contributed by atoms with van der Waals surface area (Å²) in [5, 5.41) is 14.3. The lowest BCUT2D eigenvalue weighted by Gasteiger charge is -2.30. The van der Waals surface area contributed by atoms with E-state index in [0.717, 1.165) is 12.8 Å². The van der Waals surface area contributed by atoms with Gasteiger partial charge in [-0.05, 0) is 30.6 Å². The Morgan fingerprint density at radius 1 is 1.20 bits per heavy atom. The number of carboxylic acids is 1. The van der Waals surface area contributed by atoms with Crippen LogP contribution in [0.2, 0.25) is 0 Å². The van der Waals surface area contributed by atoms with Gasteiger partial charge in [-0.1, -0.05) is 26.8 Å². The first-order chi connectivity index (χ1) is 9.27. The first-order valence-electron chi connectivity index (χ1n) is 7.11. The van der Waals surface area contributed by atoms with Crippen molar-refractivity contribution in [2.75, 3.05) is 13.1 Å². The fraction of sp³-hybridized carbons (Fsp3) is 0.733. The number of rotatable bonds is 9. The van der Waals surface area contributed by atoms with Crippen molar-refractivity contribution in [3.05, 3.63) is 12.7 Å². The average Bonchev–Trinajstić information content (AvgIpc) is 2.31. The molecule has 5 heteroatoms. The Bertz CT molecular complexity index is 322. The smallest absolute Gasteiger partial charge is 0.314 e. The third kappa shape index (κ3) is 9.42. The van der Waals surface area contributed by atoms with Gasteiger partial charge in [-0.2, -0.15) is 0 Å². The molecule has 0 radical (unpaired) electrons. The monoisotopic (exact) mass is 284 g/mol. The second-order valence-electron chi connectivity index (χ2n) is 6.04. The SMILES string of the molecule is C=CCCNC(=O)NCCC(CCC(=O)O)C(C)(C)C. The second kappa shape index (κ2) is 9.39. The van der Waals surface area contributed by atoms with Crippen molar-refractivity contribution >= 4 is 12.0 Å². The van der Waals surface area contributed by atoms with Crippen LogP contribution in [0.1, 0.15) is 46.5 Å². The van der Waals surface area contributed by atoms with E-state index < -0.39 is 5.97 Å². The van der Waals surface area contributed by atoms with Crippen LogP contribution in [0.4, 0.5) is 4.79 Å². The molecule has 1 unspecified atom stereocenters. The third-order valence-electron chi connectivity index (χ3n) is 3.34. The van der Waals surface area contributed by atoms with Crippen molar-refractivity contribution in [2.45, 2.75) is 46.5 Å². The first-order valence-corrected chi connectivity index (χ1v) is 7.11. The van der Waals surface area contributed by atoms with E-state index in [-0.39, 0.29) is 23.8 Å². The summed E-state index contributed by atoms with van der Waals surface area (Å²) in [5.74, 6) is -0.499. The fourth-order valence-electron chi connectivity index (χ4n) is 2.02. The van der Waals surface area contributed by atoms with Crippen molar-refractivity contribution in [3.63, 3.8) is 0 Å². The Labute approximate surface area is 121 Å². The summed E-state index contributed by atoms with van der Waals surface area (Å²) in [5.41, 5.74) is 0.0381. The standard InChI is InChI=1S/C15H28N2O3/c1-5-6-10-16-14(20)17-11-9-12(15(2,3)4)7-8-13(18)19/h5,12H,1,6-11H2,2-4H3,(H,18,19)(H2,16,17,20). The van der Waals surface area contributed by atoms with E-state index in [9.17, 15) is 9.59 Å². The summed E-state index contributed by atoms with van der Waals surface area (Å²) in [6, 6.07) is -0.183. The molecular formula is C15H28N2O3. The third-order valence-corrected chi connectivity index (χ3v) is 3.34. The minimum Gasteiger partial charge on any atom is -0.481 e. The molecule has 0 aliphatic rings. The molecule has 116 valence electrons. The number of hydrogen-bond donors (Lipinski definition) is 3. The topological polar surface area (TPSA) is 78.4 Å². The molecule has 0 spiro atoms. The molecule has 5 nitrogen and oxygen atoms in total. The van der Waals surface area contributed by atoms with E-state index in [1.54, 1.807) is 6.08 Å². The molecule has 0 aliphatic heterocycles. The van der Waals surface area contributed by atoms with Crippen LogP contribution < -0.4 is 10.6 Å². The number of urea groups is 1. The van der Waals surface area contributed by atoms with Gasteiger partial charge in [0.05, 0.1) is 0 Å². The molecule has 0 saturated heterocycles. The van der Waals surface area contributed by atoms with E-state index >= 15 is 0 Å². The molecule has 0 aromatic heterocycles. The number of carbonyl (C=O) groups is 2. The van der Waals surface area contributed by atoms with E-state index in [1.807, 2.05) is 0 Å². The van der Waals surface area contributed by atoms with Crippen LogP contribution in [0.5, 0.6) is 0 Å². The molecule has 0 rings (SSSR count). The summed E-state index contributed by atoms with van der Waals surface area (Å²) in [6.07, 6.45) is 4.09. The zero-order valence-corrected chi connectivity index (χ0v) is 12.9. The van der Waals surface area contributed by atoms with Crippen LogP contribution in [-0.4, -0.2) is 30.2 Å². The number of hydrogen-bond acceptors (Lipinski definition) is 2. The van der Waals surface area contributed by atoms with Crippen LogP contribution in [0.25, 0.3) is 0 Å². The van der Waals surface area contributed by atoms with Gasteiger partial charge in [0.2, 0.25) is 0 Å². The summed E-state index contributed by atoms with van der Waals surface area (Å²) in [4.78, 5) is 22.1. The number of carbonyl (C=O) groups excluding carboxylic acids is 1. The van der Waals surface area contributed by atoms with Crippen molar-refractivity contribution in [2.24, 2.45) is 11.3 Å². The summed E-state index contributed by atoms with van der Waals surface area (Å²) in [6.45, 7) is 11.0. The van der Waals surface area contributed by atoms with Crippen LogP contribution in [0, 0.1) is 11.3 Å². The van der Waals surface area contributed by atoms with Crippen molar-refractivity contribution in [3.8, 4) is 0 Å². The molecule has 20 heavy (non-hydrogen) atoms. The summed E-state index contributed by atoms with van der Waals surface area (Å²) in [7, 11) is 0. The minimum absolute atomic E-state index is 0.0381. The lowest BCUT2D eigenvalue weighted by molar-refractivity contribution is -0.137. The maximum Gasteiger partial charge on any atom is 0.314 e. The van der Waals surface area contributed by atoms with Gasteiger partial charge in [0.1, 0.15) is 0 Å². The number of nitrogens with one attached hydrogen (secondary N) is 2. The average molecular weight is 284 g/mol. The van der Waals surface area contributed by atoms with Gasteiger partial charge in [-0.3, -0.25) is 4.79 Å². The van der Waals surface area contributed by atoms with Gasteiger partial charge in [0, 0.05) is 19.5 Å². The number of aliphatic carboxylic acids is 1. The molecule has 0 saturated carbocycles. The van der Waals surface area contributed by atoms with Gasteiger partial charge in [-0.25, -0.2) is 4.79 Å². The Morgan fingerprint density at radius 2 is 1.80 bits per heavy atom. The highest BCUT2D eigenvalue weighted by molar-refractivity contribution is 5.73. The Kier molecular flexibility index (Phi) is 8.68. The zero-order chi connectivity index (χ0) is 15.6. The van der Waals surface area contributed by atoms with Crippen LogP contribution >= 0.6 is 0 Å². The van der Waals surface area contributed by atoms with Gasteiger partial charge in [0.15, 0.2) is 0 Å². The Morgan fingerprint density at radius 3 is 2.30 bits per heavy atom. The predicted octanol–water partition coefficient (Wildman–Crippen LogP) is 2.78. The molecule has 3 N–H and O–H groups in total. The highest BCUT2D eigenvalue weighted by Gasteiger charge is 2.24. The molecular weight excluding hydrogens is 256 g/mol. The normalized spacial score (nSPS) is 12.6. The summed E-state index contributed by atoms with van der Waals surface area (Å²) < 4.78 is 0. The van der Waals surface area contributed by atoms with Crippen LogP contribution in [0.15, 0.2) is 12.7 Å². The molecule has 0 aromatic rings. The fourth-order valence-corrected chi connectivity index (χ4v) is 2.02. The second-order valence-corrected chi connectivity index (χ2v) is 6.04. The minimum atomic E-state index is -0.769. The quantitative estimate of drug-likeness (QED) is 0.450. The van der Waals surface area contributed by atoms with Crippen LogP contribution in [-0.2, 0) is 4.79 Å². The van der Waals surface area contributed by atoms with E-state index in [1.165, 1.54) is 0 Å². The molecule has 2 amide bonds. The van der Waals surface area contributed by atoms with Crippen molar-refractivity contribution in [1.82, 2.24) is 10.6 Å². The molecule has 1 atom stereocenters. The molecule has 0 heterocycles. The van der Waals surface area contributed by atoms with E-state index in [2.05, 4.69) is 38.0 Å².